The molecule has 0 saturated heterocycles. The highest BCUT2D eigenvalue weighted by atomic mass is 127. The van der Waals surface area contributed by atoms with Gasteiger partial charge >= 0.3 is 0 Å². The van der Waals surface area contributed by atoms with E-state index in [1.54, 1.807) is 0 Å². The lowest BCUT2D eigenvalue weighted by molar-refractivity contribution is 0.821. The minimum atomic E-state index is 0.542. The molecule has 0 saturated carbocycles. The lowest BCUT2D eigenvalue weighted by atomic mass is 10.0. The average molecular weight is 594 g/mol. The van der Waals surface area contributed by atoms with E-state index in [4.69, 9.17) is 0 Å². The zero-order valence-electron chi connectivity index (χ0n) is 20.2. The first-order valence-electron chi connectivity index (χ1n) is 10.9. The van der Waals surface area contributed by atoms with Crippen LogP contribution < -0.4 is 0 Å². The first kappa shape index (κ1) is 27.8. The molecular formula is C28H37BrIN. The Kier molecular flexibility index (Phi) is 12.6. The molecule has 31 heavy (non-hydrogen) atoms. The predicted molar refractivity (Wildman–Crippen MR) is 149 cm³/mol. The number of rotatable bonds is 3. The van der Waals surface area contributed by atoms with E-state index in [0.717, 1.165) is 0 Å². The van der Waals surface area contributed by atoms with Gasteiger partial charge in [-0.15, -0.1) is 0 Å². The number of hydrogen-bond acceptors (Lipinski definition) is 1. The van der Waals surface area contributed by atoms with Crippen LogP contribution in [0.25, 0.3) is 0 Å². The minimum absolute atomic E-state index is 0.542. The van der Waals surface area contributed by atoms with E-state index >= 15 is 0 Å². The van der Waals surface area contributed by atoms with Crippen molar-refractivity contribution in [2.45, 2.75) is 73.1 Å². The minimum Gasteiger partial charge on any atom is -0.261 e. The highest BCUT2D eigenvalue weighted by Crippen LogP contribution is 2.25. The Labute approximate surface area is 212 Å². The standard InChI is InChI=1S/C10H13Br.C9H11I.C9H13N/c1-7(2)9-5-4-8(3)6-10(9)11;1-7(2)8-3-5-9(10)6-4-8;1-7(2)9-5-4-8(3)6-10-9/h4-7H,1-3H3;3-7H,1-2H3;4-7H,1-3H3. The van der Waals surface area contributed by atoms with E-state index in [2.05, 4.69) is 153 Å². The molecule has 2 aromatic carbocycles. The molecule has 0 unspecified atom stereocenters. The first-order chi connectivity index (χ1) is 14.5. The maximum absolute atomic E-state index is 4.28. The third-order valence-corrected chi connectivity index (χ3v) is 6.25. The highest BCUT2D eigenvalue weighted by Gasteiger charge is 2.03. The van der Waals surface area contributed by atoms with Gasteiger partial charge in [0.2, 0.25) is 0 Å². The van der Waals surface area contributed by atoms with Gasteiger partial charge in [-0.05, 0) is 101 Å². The molecule has 168 valence electrons. The Morgan fingerprint density at radius 3 is 1.71 bits per heavy atom. The zero-order chi connectivity index (χ0) is 23.6. The molecular weight excluding hydrogens is 557 g/mol. The van der Waals surface area contributed by atoms with Crippen LogP contribution in [0, 0.1) is 17.4 Å². The van der Waals surface area contributed by atoms with Gasteiger partial charge < -0.3 is 0 Å². The monoisotopic (exact) mass is 593 g/mol. The lowest BCUT2D eigenvalue weighted by Gasteiger charge is -2.07. The summed E-state index contributed by atoms with van der Waals surface area (Å²) in [5, 5.41) is 0. The quantitative estimate of drug-likeness (QED) is 0.275. The molecule has 3 heteroatoms. The molecule has 0 N–H and O–H groups in total. The largest absolute Gasteiger partial charge is 0.261 e. The van der Waals surface area contributed by atoms with Crippen LogP contribution in [0.1, 0.15) is 87.2 Å². The molecule has 0 aliphatic carbocycles. The van der Waals surface area contributed by atoms with Crippen molar-refractivity contribution in [3.63, 3.8) is 0 Å². The van der Waals surface area contributed by atoms with Gasteiger partial charge in [-0.3, -0.25) is 4.98 Å². The van der Waals surface area contributed by atoms with E-state index in [1.165, 1.54) is 36.0 Å². The second kappa shape index (κ2) is 14.1. The second-order valence-electron chi connectivity index (χ2n) is 8.80. The summed E-state index contributed by atoms with van der Waals surface area (Å²) in [4.78, 5) is 4.28. The third-order valence-electron chi connectivity index (χ3n) is 4.84. The number of pyridine rings is 1. The fourth-order valence-corrected chi connectivity index (χ4v) is 4.08. The van der Waals surface area contributed by atoms with Crippen molar-refractivity contribution in [3.8, 4) is 0 Å². The summed E-state index contributed by atoms with van der Waals surface area (Å²) >= 11 is 5.87. The molecule has 0 spiro atoms. The van der Waals surface area contributed by atoms with Crippen LogP contribution in [0.3, 0.4) is 0 Å². The van der Waals surface area contributed by atoms with Crippen molar-refractivity contribution >= 4 is 38.5 Å². The van der Waals surface area contributed by atoms with Crippen LogP contribution in [-0.4, -0.2) is 4.98 Å². The van der Waals surface area contributed by atoms with Gasteiger partial charge in [-0.1, -0.05) is 87.8 Å². The van der Waals surface area contributed by atoms with E-state index in [1.807, 2.05) is 6.20 Å². The summed E-state index contributed by atoms with van der Waals surface area (Å²) in [6, 6.07) is 19.4. The summed E-state index contributed by atoms with van der Waals surface area (Å²) in [5.74, 6) is 1.79. The maximum Gasteiger partial charge on any atom is 0.0429 e. The molecule has 0 atom stereocenters. The van der Waals surface area contributed by atoms with Gasteiger partial charge in [0.1, 0.15) is 0 Å². The van der Waals surface area contributed by atoms with Gasteiger partial charge in [0.25, 0.3) is 0 Å². The Balaban J connectivity index is 0.000000233. The fraction of sp³-hybridized carbons (Fsp3) is 0.393. The molecule has 3 rings (SSSR count). The summed E-state index contributed by atoms with van der Waals surface area (Å²) < 4.78 is 2.54. The Bertz CT molecular complexity index is 848. The molecule has 0 fully saturated rings. The second-order valence-corrected chi connectivity index (χ2v) is 10.9. The number of nitrogens with zero attached hydrogens (tertiary/aromatic N) is 1. The molecule has 0 aliphatic heterocycles. The molecule has 1 heterocycles. The van der Waals surface area contributed by atoms with Crippen LogP contribution in [0.15, 0.2) is 65.3 Å². The van der Waals surface area contributed by atoms with E-state index < -0.39 is 0 Å². The summed E-state index contributed by atoms with van der Waals surface area (Å²) in [5.41, 5.74) is 6.51. The maximum atomic E-state index is 4.28. The summed E-state index contributed by atoms with van der Waals surface area (Å²) in [6.07, 6.45) is 1.91. The summed E-state index contributed by atoms with van der Waals surface area (Å²) in [7, 11) is 0. The molecule has 1 aromatic heterocycles. The van der Waals surface area contributed by atoms with E-state index in [-0.39, 0.29) is 0 Å². The zero-order valence-corrected chi connectivity index (χ0v) is 24.0. The SMILES string of the molecule is CC(C)c1ccc(I)cc1.Cc1ccc(C(C)C)c(Br)c1.Cc1ccc(C(C)C)nc1. The van der Waals surface area contributed by atoms with Crippen molar-refractivity contribution in [1.29, 1.82) is 0 Å². The number of halogens is 2. The lowest BCUT2D eigenvalue weighted by Crippen LogP contribution is -1.90. The van der Waals surface area contributed by atoms with Crippen molar-refractivity contribution < 1.29 is 0 Å². The first-order valence-corrected chi connectivity index (χ1v) is 12.8. The molecule has 0 aliphatic rings. The average Bonchev–Trinajstić information content (AvgIpc) is 2.69. The summed E-state index contributed by atoms with van der Waals surface area (Å²) in [6.45, 7) is 17.3. The highest BCUT2D eigenvalue weighted by molar-refractivity contribution is 14.1. The van der Waals surface area contributed by atoms with Crippen molar-refractivity contribution in [2.75, 3.05) is 0 Å². The van der Waals surface area contributed by atoms with Crippen LogP contribution in [0.4, 0.5) is 0 Å². The molecule has 0 amide bonds. The van der Waals surface area contributed by atoms with Crippen LogP contribution >= 0.6 is 38.5 Å². The van der Waals surface area contributed by atoms with Crippen LogP contribution in [0.2, 0.25) is 0 Å². The number of aryl methyl sites for hydroxylation is 2. The third kappa shape index (κ3) is 10.8. The van der Waals surface area contributed by atoms with Gasteiger partial charge in [-0.25, -0.2) is 0 Å². The van der Waals surface area contributed by atoms with Crippen LogP contribution in [0.5, 0.6) is 0 Å². The van der Waals surface area contributed by atoms with Gasteiger partial charge in [-0.2, -0.15) is 0 Å². The Morgan fingerprint density at radius 2 is 1.29 bits per heavy atom. The smallest absolute Gasteiger partial charge is 0.0429 e. The van der Waals surface area contributed by atoms with Gasteiger partial charge in [0, 0.05) is 19.9 Å². The number of benzene rings is 2. The van der Waals surface area contributed by atoms with Gasteiger partial charge in [0.05, 0.1) is 0 Å². The molecule has 3 aromatic rings. The van der Waals surface area contributed by atoms with Gasteiger partial charge in [0.15, 0.2) is 0 Å². The Hall–Kier alpha value is -1.20. The number of hydrogen-bond donors (Lipinski definition) is 0. The van der Waals surface area contributed by atoms with E-state index in [0.29, 0.717) is 17.8 Å². The Morgan fingerprint density at radius 1 is 0.710 bits per heavy atom. The van der Waals surface area contributed by atoms with E-state index in [9.17, 15) is 0 Å². The van der Waals surface area contributed by atoms with Crippen molar-refractivity contribution in [3.05, 3.63) is 96.8 Å². The number of aromatic nitrogens is 1. The molecule has 0 radical (unpaired) electrons. The molecule has 1 nitrogen and oxygen atoms in total. The molecule has 0 bridgehead atoms. The van der Waals surface area contributed by atoms with Crippen LogP contribution in [-0.2, 0) is 0 Å². The predicted octanol–water partition coefficient (Wildman–Crippen LogP) is 9.81. The fourth-order valence-electron chi connectivity index (χ4n) is 2.77. The topological polar surface area (TPSA) is 12.9 Å². The van der Waals surface area contributed by atoms with Crippen molar-refractivity contribution in [1.82, 2.24) is 4.98 Å². The van der Waals surface area contributed by atoms with Crippen molar-refractivity contribution in [2.24, 2.45) is 0 Å². The normalized spacial score (nSPS) is 10.5.